The van der Waals surface area contributed by atoms with Gasteiger partial charge in [-0.05, 0) is 73.9 Å². The molecule has 43 heavy (non-hydrogen) atoms. The summed E-state index contributed by atoms with van der Waals surface area (Å²) < 4.78 is 36.7. The van der Waals surface area contributed by atoms with E-state index in [0.29, 0.717) is 60.9 Å². The summed E-state index contributed by atoms with van der Waals surface area (Å²) in [6, 6.07) is 16.2. The van der Waals surface area contributed by atoms with E-state index in [2.05, 4.69) is 20.6 Å². The molecule has 2 aromatic heterocycles. The third-order valence-corrected chi connectivity index (χ3v) is 8.23. The van der Waals surface area contributed by atoms with Crippen LogP contribution in [-0.2, 0) is 19.1 Å². The number of hydrogen-bond donors (Lipinski definition) is 2. The minimum Gasteiger partial charge on any atom is -0.493 e. The van der Waals surface area contributed by atoms with E-state index in [9.17, 15) is 14.0 Å². The number of pyridine rings is 2. The van der Waals surface area contributed by atoms with Gasteiger partial charge in [0.05, 0.1) is 31.5 Å². The lowest BCUT2D eigenvalue weighted by molar-refractivity contribution is -0.131. The summed E-state index contributed by atoms with van der Waals surface area (Å²) >= 11 is 0. The summed E-state index contributed by atoms with van der Waals surface area (Å²) in [5.41, 5.74) is -0.0263. The smallest absolute Gasteiger partial charge is 0.241 e. The Bertz CT molecular complexity index is 1660. The second-order valence-corrected chi connectivity index (χ2v) is 11.1. The van der Waals surface area contributed by atoms with Gasteiger partial charge in [-0.3, -0.25) is 14.6 Å². The number of amides is 2. The summed E-state index contributed by atoms with van der Waals surface area (Å²) in [6.45, 7) is 1.94. The molecule has 2 aromatic carbocycles. The van der Waals surface area contributed by atoms with Crippen molar-refractivity contribution in [3.8, 4) is 17.2 Å². The first-order chi connectivity index (χ1) is 21.0. The van der Waals surface area contributed by atoms with Crippen LogP contribution in [0.1, 0.15) is 19.3 Å². The molecule has 2 saturated heterocycles. The van der Waals surface area contributed by atoms with Gasteiger partial charge in [-0.25, -0.2) is 9.37 Å². The number of aromatic nitrogens is 2. The number of nitrogens with zero attached hydrogens (tertiary/aromatic N) is 2. The molecule has 7 rings (SSSR count). The highest BCUT2D eigenvalue weighted by atomic mass is 19.1. The second-order valence-electron chi connectivity index (χ2n) is 11.1. The first-order valence-electron chi connectivity index (χ1n) is 14.2. The molecule has 3 atom stereocenters. The molecule has 3 aliphatic rings. The van der Waals surface area contributed by atoms with Crippen molar-refractivity contribution < 1.29 is 32.9 Å². The molecule has 220 valence electrons. The number of hydrogen-bond acceptors (Lipinski definition) is 8. The quantitative estimate of drug-likeness (QED) is 0.254. The second kappa shape index (κ2) is 11.2. The number of anilines is 2. The van der Waals surface area contributed by atoms with Crippen LogP contribution in [0.5, 0.6) is 17.2 Å². The molecule has 4 aromatic rings. The Kier molecular flexibility index (Phi) is 7.12. The van der Waals surface area contributed by atoms with Crippen molar-refractivity contribution in [3.05, 3.63) is 78.9 Å². The summed E-state index contributed by atoms with van der Waals surface area (Å²) in [5.74, 6) is 1.49. The van der Waals surface area contributed by atoms with E-state index >= 15 is 0 Å². The maximum Gasteiger partial charge on any atom is 0.241 e. The Morgan fingerprint density at radius 2 is 1.77 bits per heavy atom. The van der Waals surface area contributed by atoms with Crippen LogP contribution < -0.4 is 20.1 Å². The van der Waals surface area contributed by atoms with E-state index in [1.165, 1.54) is 30.5 Å². The Hall–Kier alpha value is -4.61. The Balaban J connectivity index is 0.968. The van der Waals surface area contributed by atoms with E-state index in [-0.39, 0.29) is 6.29 Å². The van der Waals surface area contributed by atoms with Crippen LogP contribution in [0.15, 0.2) is 73.1 Å². The van der Waals surface area contributed by atoms with E-state index in [4.69, 9.17) is 18.9 Å². The minimum absolute atomic E-state index is 0.0956. The molecule has 0 radical (unpaired) electrons. The van der Waals surface area contributed by atoms with Crippen LogP contribution in [-0.4, -0.2) is 47.9 Å². The molecule has 0 spiro atoms. The monoisotopic (exact) mass is 584 g/mol. The van der Waals surface area contributed by atoms with Crippen LogP contribution in [0.2, 0.25) is 0 Å². The van der Waals surface area contributed by atoms with Crippen molar-refractivity contribution in [3.63, 3.8) is 0 Å². The van der Waals surface area contributed by atoms with Crippen molar-refractivity contribution in [2.75, 3.05) is 30.5 Å². The number of halogens is 1. The average molecular weight is 585 g/mol. The lowest BCUT2D eigenvalue weighted by Crippen LogP contribution is -2.35. The Morgan fingerprint density at radius 1 is 0.953 bits per heavy atom. The van der Waals surface area contributed by atoms with E-state index in [0.717, 1.165) is 29.7 Å². The Morgan fingerprint density at radius 3 is 2.56 bits per heavy atom. The predicted molar refractivity (Wildman–Crippen MR) is 154 cm³/mol. The fourth-order valence-corrected chi connectivity index (χ4v) is 5.55. The predicted octanol–water partition coefficient (Wildman–Crippen LogP) is 5.31. The highest BCUT2D eigenvalue weighted by Gasteiger charge is 2.56. The third kappa shape index (κ3) is 5.61. The van der Waals surface area contributed by atoms with Crippen molar-refractivity contribution in [2.24, 2.45) is 17.3 Å². The van der Waals surface area contributed by atoms with Crippen molar-refractivity contribution in [1.82, 2.24) is 9.97 Å². The summed E-state index contributed by atoms with van der Waals surface area (Å²) in [6.07, 6.45) is 4.90. The maximum absolute atomic E-state index is 13.2. The highest BCUT2D eigenvalue weighted by molar-refractivity contribution is 6.16. The van der Waals surface area contributed by atoms with E-state index < -0.39 is 23.0 Å². The molecule has 0 bridgehead atoms. The van der Waals surface area contributed by atoms with Crippen molar-refractivity contribution in [2.45, 2.75) is 25.6 Å². The van der Waals surface area contributed by atoms with Gasteiger partial charge in [0, 0.05) is 35.2 Å². The number of carbonyl (C=O) groups is 2. The molecule has 4 heterocycles. The van der Waals surface area contributed by atoms with Crippen LogP contribution >= 0.6 is 0 Å². The zero-order chi connectivity index (χ0) is 29.4. The third-order valence-electron chi connectivity index (χ3n) is 8.23. The minimum atomic E-state index is -1.18. The summed E-state index contributed by atoms with van der Waals surface area (Å²) in [7, 11) is 0. The molecule has 1 aliphatic carbocycles. The van der Waals surface area contributed by atoms with Crippen LogP contribution in [0.25, 0.3) is 10.9 Å². The van der Waals surface area contributed by atoms with Gasteiger partial charge in [-0.15, -0.1) is 0 Å². The fraction of sp³-hybridized carbons (Fsp3) is 0.312. The van der Waals surface area contributed by atoms with E-state index in [1.807, 2.05) is 18.2 Å². The number of nitrogens with one attached hydrogen (secondary N) is 2. The van der Waals surface area contributed by atoms with Gasteiger partial charge in [0.1, 0.15) is 34.3 Å². The van der Waals surface area contributed by atoms with E-state index in [1.54, 1.807) is 24.4 Å². The van der Waals surface area contributed by atoms with Gasteiger partial charge in [0.2, 0.25) is 11.8 Å². The lowest BCUT2D eigenvalue weighted by atomic mass is 9.94. The van der Waals surface area contributed by atoms with Gasteiger partial charge < -0.3 is 29.6 Å². The SMILES string of the molecule is O=C(Nc1ccc(F)cc1)C1(C(=O)Nc2ccc(Oc3ccnc4cc(OCC5CO[C@@H]6OCC[C@H]56)ccc34)cn2)CC1. The van der Waals surface area contributed by atoms with Gasteiger partial charge in [0.25, 0.3) is 0 Å². The first kappa shape index (κ1) is 27.2. The molecule has 2 amide bonds. The molecular weight excluding hydrogens is 555 g/mol. The van der Waals surface area contributed by atoms with Crippen LogP contribution in [0, 0.1) is 23.1 Å². The zero-order valence-electron chi connectivity index (χ0n) is 23.1. The van der Waals surface area contributed by atoms with Crippen molar-refractivity contribution >= 4 is 34.2 Å². The fourth-order valence-electron chi connectivity index (χ4n) is 5.55. The van der Waals surface area contributed by atoms with Gasteiger partial charge in [0.15, 0.2) is 6.29 Å². The molecular formula is C32H29FN4O6. The molecule has 2 aliphatic heterocycles. The maximum atomic E-state index is 13.2. The normalized spacial score (nSPS) is 21.7. The van der Waals surface area contributed by atoms with Crippen LogP contribution in [0.3, 0.4) is 0 Å². The first-order valence-corrected chi connectivity index (χ1v) is 14.2. The highest BCUT2D eigenvalue weighted by Crippen LogP contribution is 2.47. The molecule has 3 fully saturated rings. The molecule has 1 saturated carbocycles. The largest absolute Gasteiger partial charge is 0.493 e. The molecule has 11 heteroatoms. The molecule has 1 unspecified atom stereocenters. The number of benzene rings is 2. The molecule has 10 nitrogen and oxygen atoms in total. The lowest BCUT2D eigenvalue weighted by Gasteiger charge is -2.16. The van der Waals surface area contributed by atoms with Crippen LogP contribution in [0.4, 0.5) is 15.9 Å². The molecule has 2 N–H and O–H groups in total. The van der Waals surface area contributed by atoms with Gasteiger partial charge >= 0.3 is 0 Å². The standard InChI is InChI=1S/C32H29FN4O6/c33-20-1-3-21(4-2-20)36-30(38)32(11-12-32)31(39)37-28-8-6-23(16-35-28)43-27-9-13-34-26-15-22(5-7-25(26)27)41-17-19-18-42-29-24(19)10-14-40-29/h1-9,13,15-16,19,24,29H,10-12,14,17-18H2,(H,36,38)(H,35,37,39)/t19?,24-,29+/m1/s1. The zero-order valence-corrected chi connectivity index (χ0v) is 23.1. The van der Waals surface area contributed by atoms with Gasteiger partial charge in [-0.2, -0.15) is 0 Å². The average Bonchev–Trinajstić information content (AvgIpc) is 3.56. The van der Waals surface area contributed by atoms with Gasteiger partial charge in [-0.1, -0.05) is 0 Å². The van der Waals surface area contributed by atoms with Crippen molar-refractivity contribution in [1.29, 1.82) is 0 Å². The topological polar surface area (TPSA) is 121 Å². The number of fused-ring (bicyclic) bond motifs is 2. The number of carbonyl (C=O) groups excluding carboxylic acids is 2. The Labute approximate surface area is 246 Å². The summed E-state index contributed by atoms with van der Waals surface area (Å²) in [4.78, 5) is 34.6. The summed E-state index contributed by atoms with van der Waals surface area (Å²) in [5, 5.41) is 6.23. The number of ether oxygens (including phenoxy) is 4. The number of rotatable bonds is 9.